The molecule has 0 bridgehead atoms. The molecule has 0 aliphatic carbocycles. The van der Waals surface area contributed by atoms with Crippen LogP contribution in [-0.2, 0) is 5.11 Å². The molecule has 0 heterocycles. The van der Waals surface area contributed by atoms with Crippen LogP contribution in [0.2, 0.25) is 0 Å². The van der Waals surface area contributed by atoms with Crippen LogP contribution in [0.3, 0.4) is 0 Å². The molecule has 1 nitrogen and oxygen atoms in total. The van der Waals surface area contributed by atoms with Gasteiger partial charge in [-0.2, -0.15) is 30.7 Å². The highest BCUT2D eigenvalue weighted by Crippen LogP contribution is 2.53. The van der Waals surface area contributed by atoms with Crippen LogP contribution in [0, 0.1) is 0 Å². The van der Waals surface area contributed by atoms with Gasteiger partial charge >= 0.3 is 18.0 Å². The number of rotatable bonds is 5. The van der Waals surface area contributed by atoms with Crippen molar-refractivity contribution in [3.8, 4) is 0 Å². The molecule has 20 heavy (non-hydrogen) atoms. The van der Waals surface area contributed by atoms with E-state index in [4.69, 9.17) is 0 Å². The normalized spacial score (nSPS) is 15.2. The monoisotopic (exact) mass is 303 g/mol. The van der Waals surface area contributed by atoms with E-state index in [0.29, 0.717) is 0 Å². The molecule has 0 aromatic heterocycles. The zero-order chi connectivity index (χ0) is 15.6. The van der Waals surface area contributed by atoms with E-state index in [2.05, 4.69) is 0 Å². The summed E-state index contributed by atoms with van der Waals surface area (Å²) in [6.45, 7) is -1.19. The Morgan fingerprint density at radius 1 is 0.900 bits per heavy atom. The summed E-state index contributed by atoms with van der Waals surface area (Å²) in [6.07, 6.45) is -7.42. The quantitative estimate of drug-likeness (QED) is 0.717. The fraction of sp³-hybridized carbons (Fsp3) is 0.500. The van der Waals surface area contributed by atoms with Gasteiger partial charge in [0.25, 0.3) is 0 Å². The van der Waals surface area contributed by atoms with Crippen molar-refractivity contribution < 1.29 is 35.8 Å². The van der Waals surface area contributed by atoms with Crippen LogP contribution in [-0.4, -0.2) is 24.6 Å². The van der Waals surface area contributed by atoms with Gasteiger partial charge in [-0.05, 0) is 12.0 Å². The first-order valence-corrected chi connectivity index (χ1v) is 5.51. The molecule has 0 fully saturated rings. The highest BCUT2D eigenvalue weighted by molar-refractivity contribution is 5.23. The van der Waals surface area contributed by atoms with Gasteiger partial charge in [0, 0.05) is 0 Å². The lowest BCUT2D eigenvalue weighted by molar-refractivity contribution is -0.360. The summed E-state index contributed by atoms with van der Waals surface area (Å²) >= 11 is 0. The van der Waals surface area contributed by atoms with Crippen molar-refractivity contribution in [2.45, 2.75) is 30.4 Å². The molecule has 1 atom stereocenters. The Balaban J connectivity index is 3.26. The van der Waals surface area contributed by atoms with E-state index < -0.39 is 42.5 Å². The van der Waals surface area contributed by atoms with Crippen LogP contribution >= 0.6 is 0 Å². The van der Waals surface area contributed by atoms with Gasteiger partial charge in [0.1, 0.15) is 0 Å². The molecule has 113 valence electrons. The molecule has 0 saturated heterocycles. The van der Waals surface area contributed by atoms with E-state index in [0.717, 1.165) is 12.1 Å². The summed E-state index contributed by atoms with van der Waals surface area (Å²) in [4.78, 5) is 0. The van der Waals surface area contributed by atoms with Gasteiger partial charge in [-0.25, -0.2) is 5.11 Å². The first-order chi connectivity index (χ1) is 9.05. The lowest BCUT2D eigenvalue weighted by atomic mass is 9.86. The van der Waals surface area contributed by atoms with Crippen molar-refractivity contribution in [1.82, 2.24) is 0 Å². The number of alkyl halides is 7. The SMILES string of the molecule is [O]CCC(c1ccccc1)C(F)(F)C(F)(F)C(F)(F)F. The van der Waals surface area contributed by atoms with Crippen LogP contribution < -0.4 is 0 Å². The molecule has 1 rings (SSSR count). The van der Waals surface area contributed by atoms with Gasteiger partial charge < -0.3 is 0 Å². The molecule has 0 spiro atoms. The molecular weight excluding hydrogens is 293 g/mol. The van der Waals surface area contributed by atoms with Crippen molar-refractivity contribution >= 4 is 0 Å². The maximum atomic E-state index is 13.6. The number of halogens is 7. The van der Waals surface area contributed by atoms with Crippen LogP contribution in [0.15, 0.2) is 30.3 Å². The summed E-state index contributed by atoms with van der Waals surface area (Å²) < 4.78 is 89.6. The smallest absolute Gasteiger partial charge is 0.237 e. The fourth-order valence-electron chi connectivity index (χ4n) is 1.77. The Morgan fingerprint density at radius 2 is 1.40 bits per heavy atom. The maximum Gasteiger partial charge on any atom is 0.459 e. The first-order valence-electron chi connectivity index (χ1n) is 5.51. The van der Waals surface area contributed by atoms with Crippen LogP contribution in [0.25, 0.3) is 0 Å². The van der Waals surface area contributed by atoms with Crippen molar-refractivity contribution in [1.29, 1.82) is 0 Å². The van der Waals surface area contributed by atoms with Gasteiger partial charge in [-0.15, -0.1) is 0 Å². The van der Waals surface area contributed by atoms with Gasteiger partial charge in [-0.1, -0.05) is 30.3 Å². The Bertz CT molecular complexity index is 427. The average molecular weight is 303 g/mol. The average Bonchev–Trinajstić information content (AvgIpc) is 2.35. The van der Waals surface area contributed by atoms with Gasteiger partial charge in [-0.3, -0.25) is 0 Å². The van der Waals surface area contributed by atoms with Crippen molar-refractivity contribution in [3.63, 3.8) is 0 Å². The molecule has 0 aliphatic rings. The molecule has 0 amide bonds. The standard InChI is InChI=1S/C12H10F7O/c13-10(14,11(15,16)12(17,18)19)9(6-7-20)8-4-2-1-3-5-8/h1-5,9H,6-7H2. The summed E-state index contributed by atoms with van der Waals surface area (Å²) in [5.74, 6) is -14.1. The van der Waals surface area contributed by atoms with E-state index in [9.17, 15) is 35.8 Å². The fourth-order valence-corrected chi connectivity index (χ4v) is 1.77. The maximum absolute atomic E-state index is 13.6. The predicted molar refractivity (Wildman–Crippen MR) is 55.3 cm³/mol. The molecule has 0 N–H and O–H groups in total. The van der Waals surface area contributed by atoms with Gasteiger partial charge in [0.15, 0.2) is 0 Å². The van der Waals surface area contributed by atoms with E-state index >= 15 is 0 Å². The van der Waals surface area contributed by atoms with Crippen LogP contribution in [0.4, 0.5) is 30.7 Å². The van der Waals surface area contributed by atoms with Crippen LogP contribution in [0.1, 0.15) is 17.9 Å². The lowest BCUT2D eigenvalue weighted by Gasteiger charge is -2.34. The topological polar surface area (TPSA) is 19.9 Å². The Morgan fingerprint density at radius 3 is 1.80 bits per heavy atom. The first kappa shape index (κ1) is 16.7. The largest absolute Gasteiger partial charge is 0.459 e. The second-order valence-corrected chi connectivity index (χ2v) is 4.15. The summed E-state index contributed by atoms with van der Waals surface area (Å²) in [5.41, 5.74) is -0.433. The van der Waals surface area contributed by atoms with E-state index in [1.165, 1.54) is 18.2 Å². The highest BCUT2D eigenvalue weighted by atomic mass is 19.4. The van der Waals surface area contributed by atoms with Gasteiger partial charge in [0.2, 0.25) is 0 Å². The van der Waals surface area contributed by atoms with E-state index in [1.807, 2.05) is 0 Å². The summed E-state index contributed by atoms with van der Waals surface area (Å²) in [5, 5.41) is 10.5. The molecule has 1 radical (unpaired) electrons. The molecule has 1 unspecified atom stereocenters. The third kappa shape index (κ3) is 2.89. The second-order valence-electron chi connectivity index (χ2n) is 4.15. The molecular formula is C12H10F7O. The molecule has 1 aromatic rings. The van der Waals surface area contributed by atoms with Crippen molar-refractivity contribution in [2.75, 3.05) is 6.61 Å². The van der Waals surface area contributed by atoms with Crippen LogP contribution in [0.5, 0.6) is 0 Å². The molecule has 8 heteroatoms. The number of benzene rings is 1. The third-order valence-corrected chi connectivity index (χ3v) is 2.82. The van der Waals surface area contributed by atoms with Crippen molar-refractivity contribution in [3.05, 3.63) is 35.9 Å². The summed E-state index contributed by atoms with van der Waals surface area (Å²) in [7, 11) is 0. The lowest BCUT2D eigenvalue weighted by Crippen LogP contribution is -2.55. The Labute approximate surface area is 110 Å². The molecule has 0 saturated carbocycles. The zero-order valence-electron chi connectivity index (χ0n) is 9.93. The minimum atomic E-state index is -6.40. The van der Waals surface area contributed by atoms with E-state index in [1.54, 1.807) is 0 Å². The highest BCUT2D eigenvalue weighted by Gasteiger charge is 2.75. The number of hydrogen-bond acceptors (Lipinski definition) is 0. The van der Waals surface area contributed by atoms with Crippen molar-refractivity contribution in [2.24, 2.45) is 0 Å². The minimum absolute atomic E-state index is 0.433. The second kappa shape index (κ2) is 5.59. The Hall–Kier alpha value is -1.31. The summed E-state index contributed by atoms with van der Waals surface area (Å²) in [6, 6.07) is 5.79. The third-order valence-electron chi connectivity index (χ3n) is 2.82. The molecule has 1 aromatic carbocycles. The molecule has 0 aliphatic heterocycles. The van der Waals surface area contributed by atoms with Gasteiger partial charge in [0.05, 0.1) is 12.5 Å². The minimum Gasteiger partial charge on any atom is -0.237 e. The Kier molecular flexibility index (Phi) is 4.68. The zero-order valence-corrected chi connectivity index (χ0v) is 9.93. The predicted octanol–water partition coefficient (Wildman–Crippen LogP) is 4.42. The van der Waals surface area contributed by atoms with E-state index in [-0.39, 0.29) is 0 Å². The number of hydrogen-bond donors (Lipinski definition) is 0.